The van der Waals surface area contributed by atoms with Crippen LogP contribution in [0.3, 0.4) is 0 Å². The van der Waals surface area contributed by atoms with Crippen molar-refractivity contribution in [2.24, 2.45) is 0 Å². The quantitative estimate of drug-likeness (QED) is 0.818. The molecule has 0 saturated carbocycles. The number of hydrogen-bond acceptors (Lipinski definition) is 2. The van der Waals surface area contributed by atoms with Gasteiger partial charge in [0.2, 0.25) is 0 Å². The SMILES string of the molecule is CCC(CC)(CO)NCc1ccc(Cl)cc1C. The second-order valence-corrected chi connectivity index (χ2v) is 5.01. The van der Waals surface area contributed by atoms with Crippen LogP contribution in [0.5, 0.6) is 0 Å². The summed E-state index contributed by atoms with van der Waals surface area (Å²) in [7, 11) is 0. The highest BCUT2D eigenvalue weighted by atomic mass is 35.5. The number of rotatable bonds is 6. The summed E-state index contributed by atoms with van der Waals surface area (Å²) in [6.45, 7) is 7.20. The summed E-state index contributed by atoms with van der Waals surface area (Å²) in [6, 6.07) is 5.92. The van der Waals surface area contributed by atoms with Gasteiger partial charge in [-0.3, -0.25) is 0 Å². The zero-order chi connectivity index (χ0) is 12.9. The number of nitrogens with one attached hydrogen (secondary N) is 1. The largest absolute Gasteiger partial charge is 0.394 e. The lowest BCUT2D eigenvalue weighted by Crippen LogP contribution is -2.47. The standard InChI is InChI=1S/C14H22ClNO/c1-4-14(5-2,10-17)16-9-12-6-7-13(15)8-11(12)3/h6-8,16-17H,4-5,9-10H2,1-3H3. The predicted octanol–water partition coefficient (Wildman–Crippen LogP) is 3.29. The monoisotopic (exact) mass is 255 g/mol. The van der Waals surface area contributed by atoms with E-state index in [-0.39, 0.29) is 12.1 Å². The Labute approximate surface area is 109 Å². The van der Waals surface area contributed by atoms with Gasteiger partial charge in [0.15, 0.2) is 0 Å². The molecule has 0 bridgehead atoms. The van der Waals surface area contributed by atoms with E-state index in [9.17, 15) is 5.11 Å². The maximum atomic E-state index is 9.48. The summed E-state index contributed by atoms with van der Waals surface area (Å²) in [4.78, 5) is 0. The van der Waals surface area contributed by atoms with Crippen molar-refractivity contribution in [1.82, 2.24) is 5.32 Å². The molecule has 96 valence electrons. The van der Waals surface area contributed by atoms with Crippen LogP contribution in [0.2, 0.25) is 5.02 Å². The van der Waals surface area contributed by atoms with Gasteiger partial charge in [0.05, 0.1) is 6.61 Å². The number of hydrogen-bond donors (Lipinski definition) is 2. The molecule has 0 spiro atoms. The Bertz CT molecular complexity index is 353. The van der Waals surface area contributed by atoms with Crippen LogP contribution >= 0.6 is 11.6 Å². The maximum Gasteiger partial charge on any atom is 0.0613 e. The van der Waals surface area contributed by atoms with Gasteiger partial charge in [0.25, 0.3) is 0 Å². The van der Waals surface area contributed by atoms with Crippen molar-refractivity contribution in [2.45, 2.75) is 45.7 Å². The highest BCUT2D eigenvalue weighted by Crippen LogP contribution is 2.18. The van der Waals surface area contributed by atoms with Gasteiger partial charge in [-0.2, -0.15) is 0 Å². The summed E-state index contributed by atoms with van der Waals surface area (Å²) in [5.74, 6) is 0. The molecule has 1 aromatic carbocycles. The highest BCUT2D eigenvalue weighted by molar-refractivity contribution is 6.30. The van der Waals surface area contributed by atoms with Gasteiger partial charge in [-0.25, -0.2) is 0 Å². The van der Waals surface area contributed by atoms with Gasteiger partial charge in [-0.05, 0) is 43.0 Å². The van der Waals surface area contributed by atoms with Crippen molar-refractivity contribution in [3.8, 4) is 0 Å². The van der Waals surface area contributed by atoms with Gasteiger partial charge in [0, 0.05) is 17.1 Å². The lowest BCUT2D eigenvalue weighted by atomic mass is 9.93. The van der Waals surface area contributed by atoms with E-state index in [0.717, 1.165) is 24.4 Å². The summed E-state index contributed by atoms with van der Waals surface area (Å²) in [6.07, 6.45) is 1.85. The molecule has 1 aromatic rings. The Morgan fingerprint density at radius 1 is 1.29 bits per heavy atom. The molecule has 3 heteroatoms. The Morgan fingerprint density at radius 2 is 1.94 bits per heavy atom. The van der Waals surface area contributed by atoms with Crippen molar-refractivity contribution in [2.75, 3.05) is 6.61 Å². The van der Waals surface area contributed by atoms with Crippen LogP contribution in [-0.4, -0.2) is 17.3 Å². The molecule has 0 heterocycles. The molecule has 0 fully saturated rings. The van der Waals surface area contributed by atoms with Crippen molar-refractivity contribution in [3.63, 3.8) is 0 Å². The third kappa shape index (κ3) is 3.70. The summed E-state index contributed by atoms with van der Waals surface area (Å²) in [5.41, 5.74) is 2.25. The maximum absolute atomic E-state index is 9.48. The minimum absolute atomic E-state index is 0.161. The average molecular weight is 256 g/mol. The van der Waals surface area contributed by atoms with Gasteiger partial charge in [0.1, 0.15) is 0 Å². The molecule has 1 rings (SSSR count). The third-order valence-corrected chi connectivity index (χ3v) is 3.85. The van der Waals surface area contributed by atoms with Crippen LogP contribution in [-0.2, 0) is 6.54 Å². The molecule has 0 saturated heterocycles. The fourth-order valence-corrected chi connectivity index (χ4v) is 2.15. The molecule has 2 N–H and O–H groups in total. The molecule has 0 atom stereocenters. The molecule has 0 aliphatic heterocycles. The molecule has 0 aromatic heterocycles. The number of benzene rings is 1. The third-order valence-electron chi connectivity index (χ3n) is 3.61. The van der Waals surface area contributed by atoms with E-state index in [1.165, 1.54) is 11.1 Å². The fourth-order valence-electron chi connectivity index (χ4n) is 1.92. The molecule has 0 aliphatic carbocycles. The predicted molar refractivity (Wildman–Crippen MR) is 73.4 cm³/mol. The van der Waals surface area contributed by atoms with Gasteiger partial charge in [-0.15, -0.1) is 0 Å². The first-order valence-corrected chi connectivity index (χ1v) is 6.55. The molecule has 0 amide bonds. The van der Waals surface area contributed by atoms with Crippen molar-refractivity contribution in [1.29, 1.82) is 0 Å². The Kier molecular flexibility index (Phi) is 5.44. The van der Waals surface area contributed by atoms with Crippen LogP contribution in [0, 0.1) is 6.92 Å². The molecule has 0 radical (unpaired) electrons. The van der Waals surface area contributed by atoms with E-state index < -0.39 is 0 Å². The van der Waals surface area contributed by atoms with E-state index >= 15 is 0 Å². The fraction of sp³-hybridized carbons (Fsp3) is 0.571. The number of halogens is 1. The molecular formula is C14H22ClNO. The number of aliphatic hydroxyl groups is 1. The second kappa shape index (κ2) is 6.39. The first kappa shape index (κ1) is 14.5. The van der Waals surface area contributed by atoms with Crippen LogP contribution in [0.15, 0.2) is 18.2 Å². The lowest BCUT2D eigenvalue weighted by molar-refractivity contribution is 0.149. The number of aryl methyl sites for hydroxylation is 1. The van der Waals surface area contributed by atoms with Crippen molar-refractivity contribution >= 4 is 11.6 Å². The molecule has 0 aliphatic rings. The van der Waals surface area contributed by atoms with E-state index in [2.05, 4.69) is 26.1 Å². The Morgan fingerprint density at radius 3 is 2.41 bits per heavy atom. The van der Waals surface area contributed by atoms with Crippen LogP contribution < -0.4 is 5.32 Å². The van der Waals surface area contributed by atoms with E-state index in [1.807, 2.05) is 18.2 Å². The molecular weight excluding hydrogens is 234 g/mol. The van der Waals surface area contributed by atoms with Crippen LogP contribution in [0.4, 0.5) is 0 Å². The first-order chi connectivity index (χ1) is 8.06. The molecule has 17 heavy (non-hydrogen) atoms. The smallest absolute Gasteiger partial charge is 0.0613 e. The minimum atomic E-state index is -0.161. The first-order valence-electron chi connectivity index (χ1n) is 6.18. The molecule has 2 nitrogen and oxygen atoms in total. The topological polar surface area (TPSA) is 32.3 Å². The zero-order valence-electron chi connectivity index (χ0n) is 10.9. The number of aliphatic hydroxyl groups excluding tert-OH is 1. The second-order valence-electron chi connectivity index (χ2n) is 4.57. The normalized spacial score (nSPS) is 11.8. The van der Waals surface area contributed by atoms with E-state index in [1.54, 1.807) is 0 Å². The van der Waals surface area contributed by atoms with Gasteiger partial charge in [-0.1, -0.05) is 31.5 Å². The van der Waals surface area contributed by atoms with Crippen molar-refractivity contribution < 1.29 is 5.11 Å². The summed E-state index contributed by atoms with van der Waals surface area (Å²) in [5, 5.41) is 13.7. The Balaban J connectivity index is 2.72. The molecule has 0 unspecified atom stereocenters. The Hall–Kier alpha value is -0.570. The van der Waals surface area contributed by atoms with E-state index in [4.69, 9.17) is 11.6 Å². The zero-order valence-corrected chi connectivity index (χ0v) is 11.6. The lowest BCUT2D eigenvalue weighted by Gasteiger charge is -2.31. The average Bonchev–Trinajstić information content (AvgIpc) is 2.33. The van der Waals surface area contributed by atoms with Gasteiger partial charge < -0.3 is 10.4 Å². The van der Waals surface area contributed by atoms with Crippen LogP contribution in [0.25, 0.3) is 0 Å². The summed E-state index contributed by atoms with van der Waals surface area (Å²) < 4.78 is 0. The minimum Gasteiger partial charge on any atom is -0.394 e. The van der Waals surface area contributed by atoms with E-state index in [0.29, 0.717) is 0 Å². The van der Waals surface area contributed by atoms with Crippen molar-refractivity contribution in [3.05, 3.63) is 34.3 Å². The summed E-state index contributed by atoms with van der Waals surface area (Å²) >= 11 is 5.93. The highest BCUT2D eigenvalue weighted by Gasteiger charge is 2.24. The van der Waals surface area contributed by atoms with Gasteiger partial charge >= 0.3 is 0 Å². The van der Waals surface area contributed by atoms with Crippen LogP contribution in [0.1, 0.15) is 37.8 Å².